The smallest absolute Gasteiger partial charge is 0.228 e. The predicted molar refractivity (Wildman–Crippen MR) is 173 cm³/mol. The minimum atomic E-state index is -0.917. The van der Waals surface area contributed by atoms with E-state index in [0.717, 1.165) is 56.3 Å². The molecule has 4 aromatic rings. The predicted octanol–water partition coefficient (Wildman–Crippen LogP) is 7.09. The summed E-state index contributed by atoms with van der Waals surface area (Å²) < 4.78 is 5.57. The number of furan rings is 1. The van der Waals surface area contributed by atoms with Gasteiger partial charge in [-0.05, 0) is 105 Å². The maximum atomic E-state index is 13.9. The molecule has 6 heteroatoms. The van der Waals surface area contributed by atoms with Gasteiger partial charge < -0.3 is 19.6 Å². The van der Waals surface area contributed by atoms with Crippen LogP contribution in [0, 0.1) is 5.41 Å². The Hall–Kier alpha value is -3.45. The number of aliphatic hydroxyl groups is 2. The number of hydrogen-bond acceptors (Lipinski definition) is 5. The van der Waals surface area contributed by atoms with E-state index < -0.39 is 17.1 Å². The lowest BCUT2D eigenvalue weighted by atomic mass is 9.64. The molecule has 2 aromatic carbocycles. The van der Waals surface area contributed by atoms with Gasteiger partial charge in [-0.2, -0.15) is 0 Å². The Morgan fingerprint density at radius 2 is 1.95 bits per heavy atom. The lowest BCUT2D eigenvalue weighted by molar-refractivity contribution is -0.0857. The van der Waals surface area contributed by atoms with Crippen LogP contribution in [-0.4, -0.2) is 50.7 Å². The molecule has 2 bridgehead atoms. The molecule has 0 amide bonds. The number of hydrogen-bond donors (Lipinski definition) is 3. The van der Waals surface area contributed by atoms with E-state index in [2.05, 4.69) is 66.2 Å². The molecule has 230 valence electrons. The zero-order valence-electron chi connectivity index (χ0n) is 25.9. The molecule has 44 heavy (non-hydrogen) atoms. The highest BCUT2D eigenvalue weighted by molar-refractivity contribution is 6.08. The Morgan fingerprint density at radius 3 is 2.80 bits per heavy atom. The van der Waals surface area contributed by atoms with Gasteiger partial charge in [-0.1, -0.05) is 48.9 Å². The van der Waals surface area contributed by atoms with Crippen molar-refractivity contribution < 1.29 is 19.4 Å². The second-order valence-corrected chi connectivity index (χ2v) is 13.8. The second kappa shape index (κ2) is 11.5. The van der Waals surface area contributed by atoms with Crippen LogP contribution in [0.3, 0.4) is 0 Å². The van der Waals surface area contributed by atoms with Gasteiger partial charge in [-0.25, -0.2) is 0 Å². The molecule has 3 N–H and O–H groups in total. The number of fused-ring (bicyclic) bond motifs is 11. The summed E-state index contributed by atoms with van der Waals surface area (Å²) in [5, 5.41) is 24.9. The normalized spacial score (nSPS) is 28.0. The number of para-hydroxylation sites is 1. The minimum absolute atomic E-state index is 0.00506. The molecule has 0 saturated heterocycles. The highest BCUT2D eigenvalue weighted by atomic mass is 16.3. The van der Waals surface area contributed by atoms with Crippen molar-refractivity contribution in [1.29, 1.82) is 0 Å². The van der Waals surface area contributed by atoms with Gasteiger partial charge in [0.2, 0.25) is 5.78 Å². The number of benzene rings is 2. The third kappa shape index (κ3) is 5.17. The van der Waals surface area contributed by atoms with E-state index in [1.54, 1.807) is 12.1 Å². The zero-order chi connectivity index (χ0) is 30.5. The van der Waals surface area contributed by atoms with Crippen molar-refractivity contribution in [1.82, 2.24) is 9.88 Å². The molecule has 3 heterocycles. The van der Waals surface area contributed by atoms with Crippen molar-refractivity contribution in [2.24, 2.45) is 5.41 Å². The van der Waals surface area contributed by atoms with Crippen LogP contribution in [0.25, 0.3) is 10.9 Å². The number of aliphatic hydroxyl groups excluding tert-OH is 1. The molecule has 4 aliphatic rings. The van der Waals surface area contributed by atoms with Gasteiger partial charge in [0.1, 0.15) is 0 Å². The molecular weight excluding hydrogens is 548 g/mol. The van der Waals surface area contributed by atoms with Crippen LogP contribution in [0.4, 0.5) is 0 Å². The third-order valence-electron chi connectivity index (χ3n) is 11.1. The molecule has 2 aromatic heterocycles. The van der Waals surface area contributed by atoms with E-state index in [1.165, 1.54) is 34.0 Å². The van der Waals surface area contributed by atoms with E-state index in [4.69, 9.17) is 4.42 Å². The Labute approximate surface area is 259 Å². The largest absolute Gasteiger partial charge is 0.461 e. The van der Waals surface area contributed by atoms with Crippen LogP contribution in [0.15, 0.2) is 76.9 Å². The first-order chi connectivity index (χ1) is 21.2. The number of H-pyrrole nitrogens is 1. The Balaban J connectivity index is 1.25. The summed E-state index contributed by atoms with van der Waals surface area (Å²) in [5.41, 5.74) is 6.34. The van der Waals surface area contributed by atoms with E-state index >= 15 is 0 Å². The maximum Gasteiger partial charge on any atom is 0.228 e. The zero-order valence-corrected chi connectivity index (χ0v) is 25.9. The summed E-state index contributed by atoms with van der Waals surface area (Å²) in [6, 6.07) is 18.1. The summed E-state index contributed by atoms with van der Waals surface area (Å²) in [6.45, 7) is 6.72. The summed E-state index contributed by atoms with van der Waals surface area (Å²) in [6.07, 6.45) is 9.51. The number of aromatic amines is 1. The fourth-order valence-electron chi connectivity index (χ4n) is 8.49. The maximum absolute atomic E-state index is 13.9. The van der Waals surface area contributed by atoms with Crippen LogP contribution in [-0.2, 0) is 19.4 Å². The van der Waals surface area contributed by atoms with Crippen molar-refractivity contribution in [2.75, 3.05) is 13.1 Å². The van der Waals surface area contributed by atoms with Crippen LogP contribution in [0.1, 0.15) is 96.8 Å². The van der Waals surface area contributed by atoms with E-state index in [1.807, 2.05) is 6.07 Å². The van der Waals surface area contributed by atoms with Crippen molar-refractivity contribution >= 4 is 16.7 Å². The fraction of sp³-hybridized carbons (Fsp3) is 0.447. The average molecular weight is 593 g/mol. The van der Waals surface area contributed by atoms with E-state index in [0.29, 0.717) is 37.1 Å². The molecule has 0 unspecified atom stereocenters. The number of β-amino-alcohol motifs (C(OH)–C–C–N with tert-alkyl or cyclic N) is 1. The fourth-order valence-corrected chi connectivity index (χ4v) is 8.49. The Kier molecular flexibility index (Phi) is 7.64. The molecule has 4 atom stereocenters. The first-order valence-electron chi connectivity index (χ1n) is 16.3. The van der Waals surface area contributed by atoms with Crippen LogP contribution in [0.5, 0.6) is 0 Å². The lowest BCUT2D eigenvalue weighted by Gasteiger charge is -2.46. The standard InChI is InChI=1S/C38H44N2O4/c1-25-7-5-17-37(2)32(28-14-12-26(21-27(41)13-11-25)22-31(28)36(42)35-10-6-20-44-35)15-18-38(37,43)24-40-19-16-30-29-8-3-4-9-33(29)39-34(30)23-40/h3-4,6-10,12,14,20,22,27,32,39,41,43H,5,11,13,15-19,21,23-24H2,1-2H3/t27-,32-,37-,38+/m0/s1. The monoisotopic (exact) mass is 592 g/mol. The van der Waals surface area contributed by atoms with Gasteiger partial charge in [0, 0.05) is 47.2 Å². The first-order valence-corrected chi connectivity index (χ1v) is 16.3. The average Bonchev–Trinajstić information content (AvgIpc) is 3.73. The van der Waals surface area contributed by atoms with Crippen molar-refractivity contribution in [3.63, 3.8) is 0 Å². The highest BCUT2D eigenvalue weighted by Crippen LogP contribution is 2.59. The number of aromatic nitrogens is 1. The van der Waals surface area contributed by atoms with Gasteiger partial charge in [0.15, 0.2) is 5.76 Å². The van der Waals surface area contributed by atoms with Gasteiger partial charge in [0.05, 0.1) is 18.0 Å². The van der Waals surface area contributed by atoms with E-state index in [9.17, 15) is 15.0 Å². The number of ketones is 1. The number of carbonyl (C=O) groups excluding carboxylic acids is 1. The SMILES string of the molecule is CC1=CCC[C@@]2(C)[C@@H](CC[C@@]2(O)CN2CCc3c([nH]c4ccccc34)C2)c2ccc(cc2C(=O)c2ccco2)C[C@@H](O)CC1. The molecule has 6 nitrogen and oxygen atoms in total. The first kappa shape index (κ1) is 29.3. The van der Waals surface area contributed by atoms with Crippen LogP contribution < -0.4 is 0 Å². The number of rotatable bonds is 4. The lowest BCUT2D eigenvalue weighted by Crippen LogP contribution is -2.53. The third-order valence-corrected chi connectivity index (χ3v) is 11.1. The van der Waals surface area contributed by atoms with E-state index in [-0.39, 0.29) is 11.7 Å². The molecule has 1 saturated carbocycles. The van der Waals surface area contributed by atoms with Crippen LogP contribution in [0.2, 0.25) is 0 Å². The number of nitrogens with one attached hydrogen (secondary N) is 1. The molecule has 8 rings (SSSR count). The second-order valence-electron chi connectivity index (χ2n) is 13.8. The summed E-state index contributed by atoms with van der Waals surface area (Å²) in [7, 11) is 0. The number of carbonyl (C=O) groups is 1. The summed E-state index contributed by atoms with van der Waals surface area (Å²) in [5.74, 6) is 0.191. The van der Waals surface area contributed by atoms with Gasteiger partial charge in [-0.15, -0.1) is 0 Å². The molecule has 3 aliphatic carbocycles. The number of nitrogens with zero attached hydrogens (tertiary/aromatic N) is 1. The van der Waals surface area contributed by atoms with Crippen molar-refractivity contribution in [2.45, 2.75) is 89.4 Å². The topological polar surface area (TPSA) is 89.7 Å². The number of allylic oxidation sites excluding steroid dienone is 2. The summed E-state index contributed by atoms with van der Waals surface area (Å²) in [4.78, 5) is 20.0. The molecular formula is C38H44N2O4. The van der Waals surface area contributed by atoms with Gasteiger partial charge in [0.25, 0.3) is 0 Å². The molecule has 0 spiro atoms. The highest BCUT2D eigenvalue weighted by Gasteiger charge is 2.57. The minimum Gasteiger partial charge on any atom is -0.461 e. The van der Waals surface area contributed by atoms with Crippen LogP contribution >= 0.6 is 0 Å². The van der Waals surface area contributed by atoms with Gasteiger partial charge in [-0.3, -0.25) is 9.69 Å². The molecule has 0 radical (unpaired) electrons. The summed E-state index contributed by atoms with van der Waals surface area (Å²) >= 11 is 0. The van der Waals surface area contributed by atoms with Crippen molar-refractivity contribution in [3.8, 4) is 0 Å². The molecule has 1 fully saturated rings. The quantitative estimate of drug-likeness (QED) is 0.174. The Morgan fingerprint density at radius 1 is 1.09 bits per heavy atom. The Bertz CT molecular complexity index is 1700. The van der Waals surface area contributed by atoms with Gasteiger partial charge >= 0.3 is 0 Å². The van der Waals surface area contributed by atoms with Crippen molar-refractivity contribution in [3.05, 3.63) is 106 Å². The molecule has 1 aliphatic heterocycles.